The molecule has 1 aliphatic rings. The number of amides is 1. The first-order valence-electron chi connectivity index (χ1n) is 5.26. The van der Waals surface area contributed by atoms with Crippen molar-refractivity contribution in [2.24, 2.45) is 5.92 Å². The maximum absolute atomic E-state index is 11.7. The normalized spacial score (nSPS) is 19.1. The molecule has 1 fully saturated rings. The van der Waals surface area contributed by atoms with Gasteiger partial charge in [0.25, 0.3) is 0 Å². The first-order valence-corrected chi connectivity index (χ1v) is 6.41. The lowest BCUT2D eigenvalue weighted by atomic mass is 10.0. The summed E-state index contributed by atoms with van der Waals surface area (Å²) < 4.78 is 4.73. The van der Waals surface area contributed by atoms with Crippen molar-refractivity contribution in [1.29, 1.82) is 0 Å². The van der Waals surface area contributed by atoms with Crippen molar-refractivity contribution < 1.29 is 19.4 Å². The van der Waals surface area contributed by atoms with E-state index in [0.29, 0.717) is 0 Å². The lowest BCUT2D eigenvalue weighted by Crippen LogP contribution is -2.41. The topological polar surface area (TPSA) is 75.6 Å². The zero-order valence-electron chi connectivity index (χ0n) is 9.27. The number of carboxylic acids is 1. The summed E-state index contributed by atoms with van der Waals surface area (Å²) in [6, 6.07) is 0. The lowest BCUT2D eigenvalue weighted by Gasteiger charge is -2.21. The van der Waals surface area contributed by atoms with Crippen molar-refractivity contribution in [1.82, 2.24) is 5.32 Å². The van der Waals surface area contributed by atoms with Gasteiger partial charge in [0.2, 0.25) is 5.91 Å². The van der Waals surface area contributed by atoms with Crippen molar-refractivity contribution in [3.8, 4) is 0 Å². The maximum Gasteiger partial charge on any atom is 0.334 e. The van der Waals surface area contributed by atoms with Crippen LogP contribution in [-0.4, -0.2) is 48.2 Å². The van der Waals surface area contributed by atoms with Gasteiger partial charge in [-0.25, -0.2) is 4.79 Å². The Bertz CT molecular complexity index is 253. The van der Waals surface area contributed by atoms with Crippen molar-refractivity contribution in [3.63, 3.8) is 0 Å². The first-order chi connectivity index (χ1) is 7.65. The summed E-state index contributed by atoms with van der Waals surface area (Å²) in [4.78, 5) is 22.3. The van der Waals surface area contributed by atoms with Gasteiger partial charge in [0.15, 0.2) is 6.10 Å². The van der Waals surface area contributed by atoms with Crippen LogP contribution in [0.3, 0.4) is 0 Å². The highest BCUT2D eigenvalue weighted by Gasteiger charge is 2.23. The first kappa shape index (κ1) is 13.3. The maximum atomic E-state index is 11.7. The molecular weight excluding hydrogens is 230 g/mol. The average Bonchev–Trinajstić information content (AvgIpc) is 2.30. The van der Waals surface area contributed by atoms with Crippen molar-refractivity contribution in [2.75, 3.05) is 25.2 Å². The Morgan fingerprint density at radius 1 is 1.50 bits per heavy atom. The zero-order valence-corrected chi connectivity index (χ0v) is 10.1. The van der Waals surface area contributed by atoms with Gasteiger partial charge in [-0.15, -0.1) is 0 Å². The molecule has 16 heavy (non-hydrogen) atoms. The molecule has 1 unspecified atom stereocenters. The van der Waals surface area contributed by atoms with E-state index in [2.05, 4.69) is 5.32 Å². The van der Waals surface area contributed by atoms with Crippen LogP contribution in [0.15, 0.2) is 0 Å². The third-order valence-corrected chi connectivity index (χ3v) is 3.66. The van der Waals surface area contributed by atoms with Crippen molar-refractivity contribution in [3.05, 3.63) is 0 Å². The molecule has 1 aliphatic heterocycles. The number of nitrogens with one attached hydrogen (secondary N) is 1. The van der Waals surface area contributed by atoms with E-state index in [9.17, 15) is 9.59 Å². The number of rotatable bonds is 5. The lowest BCUT2D eigenvalue weighted by molar-refractivity contribution is -0.148. The Kier molecular flexibility index (Phi) is 5.62. The van der Waals surface area contributed by atoms with Gasteiger partial charge in [-0.05, 0) is 24.3 Å². The van der Waals surface area contributed by atoms with Crippen LogP contribution < -0.4 is 5.32 Å². The molecule has 0 aliphatic carbocycles. The number of hydrogen-bond donors (Lipinski definition) is 2. The minimum atomic E-state index is -1.05. The fourth-order valence-corrected chi connectivity index (χ4v) is 2.68. The fourth-order valence-electron chi connectivity index (χ4n) is 1.57. The second-order valence-electron chi connectivity index (χ2n) is 3.69. The van der Waals surface area contributed by atoms with E-state index in [1.807, 2.05) is 11.8 Å². The zero-order chi connectivity index (χ0) is 12.0. The molecule has 0 spiro atoms. The van der Waals surface area contributed by atoms with Crippen LogP contribution in [0, 0.1) is 5.92 Å². The number of ether oxygens (including phenoxy) is 1. The van der Waals surface area contributed by atoms with Gasteiger partial charge in [0.1, 0.15) is 0 Å². The minimum Gasteiger partial charge on any atom is -0.479 e. The Morgan fingerprint density at radius 3 is 2.62 bits per heavy atom. The number of carbonyl (C=O) groups is 2. The summed E-state index contributed by atoms with van der Waals surface area (Å²) in [6.07, 6.45) is 0.796. The van der Waals surface area contributed by atoms with Crippen LogP contribution in [0.25, 0.3) is 0 Å². The molecule has 5 nitrogen and oxygen atoms in total. The smallest absolute Gasteiger partial charge is 0.334 e. The van der Waals surface area contributed by atoms with Crippen LogP contribution in [0.5, 0.6) is 0 Å². The predicted octanol–water partition coefficient (Wildman–Crippen LogP) is 0.345. The summed E-state index contributed by atoms with van der Waals surface area (Å²) in [5.74, 6) is 0.938. The molecule has 92 valence electrons. The van der Waals surface area contributed by atoms with E-state index in [0.717, 1.165) is 24.3 Å². The van der Waals surface area contributed by atoms with E-state index in [4.69, 9.17) is 9.84 Å². The predicted molar refractivity (Wildman–Crippen MR) is 61.5 cm³/mol. The monoisotopic (exact) mass is 247 g/mol. The summed E-state index contributed by atoms with van der Waals surface area (Å²) in [5.41, 5.74) is 0. The molecule has 0 radical (unpaired) electrons. The molecule has 1 amide bonds. The van der Waals surface area contributed by atoms with Gasteiger partial charge >= 0.3 is 5.97 Å². The highest BCUT2D eigenvalue weighted by atomic mass is 32.2. The van der Waals surface area contributed by atoms with Gasteiger partial charge < -0.3 is 15.2 Å². The molecule has 0 aromatic heterocycles. The molecular formula is C10H17NO4S. The highest BCUT2D eigenvalue weighted by molar-refractivity contribution is 7.99. The molecule has 6 heteroatoms. The molecule has 0 aromatic carbocycles. The fraction of sp³-hybridized carbons (Fsp3) is 0.800. The van der Waals surface area contributed by atoms with Gasteiger partial charge in [-0.3, -0.25) is 4.79 Å². The number of methoxy groups -OCH3 is 1. The summed E-state index contributed by atoms with van der Waals surface area (Å²) in [6.45, 7) is 0.0360. The second-order valence-corrected chi connectivity index (χ2v) is 4.92. The summed E-state index contributed by atoms with van der Waals surface area (Å²) in [5, 5.41) is 11.3. The van der Waals surface area contributed by atoms with Crippen LogP contribution in [-0.2, 0) is 14.3 Å². The Labute approximate surface area is 98.9 Å². The average molecular weight is 247 g/mol. The van der Waals surface area contributed by atoms with Crippen molar-refractivity contribution in [2.45, 2.75) is 18.9 Å². The minimum absolute atomic E-state index is 0.0348. The van der Waals surface area contributed by atoms with Gasteiger partial charge in [-0.1, -0.05) is 0 Å². The second kappa shape index (κ2) is 6.75. The van der Waals surface area contributed by atoms with Crippen molar-refractivity contribution >= 4 is 23.6 Å². The molecule has 0 saturated carbocycles. The molecule has 1 atom stereocenters. The molecule has 0 aromatic rings. The summed E-state index contributed by atoms with van der Waals surface area (Å²) >= 11 is 1.85. The standard InChI is InChI=1S/C10H17NO4S/c1-15-8(10(13)14)6-11-9(12)7-2-4-16-5-3-7/h7-8H,2-6H2,1H3,(H,11,12)(H,13,14). The Balaban J connectivity index is 2.30. The molecule has 1 saturated heterocycles. The number of carbonyl (C=O) groups excluding carboxylic acids is 1. The van der Waals surface area contributed by atoms with Gasteiger partial charge in [0, 0.05) is 13.0 Å². The third kappa shape index (κ3) is 4.02. The van der Waals surface area contributed by atoms with Gasteiger partial charge in [0.05, 0.1) is 6.54 Å². The van der Waals surface area contributed by atoms with Gasteiger partial charge in [-0.2, -0.15) is 11.8 Å². The van der Waals surface area contributed by atoms with E-state index < -0.39 is 12.1 Å². The highest BCUT2D eigenvalue weighted by Crippen LogP contribution is 2.22. The number of thioether (sulfide) groups is 1. The molecule has 2 N–H and O–H groups in total. The SMILES string of the molecule is COC(CNC(=O)C1CCSCC1)C(=O)O. The van der Waals surface area contributed by atoms with Crippen LogP contribution in [0.2, 0.25) is 0 Å². The van der Waals surface area contributed by atoms with E-state index in [1.165, 1.54) is 7.11 Å². The molecule has 1 rings (SSSR count). The quantitative estimate of drug-likeness (QED) is 0.733. The number of hydrogen-bond acceptors (Lipinski definition) is 4. The Morgan fingerprint density at radius 2 is 2.12 bits per heavy atom. The van der Waals surface area contributed by atoms with E-state index in [-0.39, 0.29) is 18.4 Å². The molecule has 0 bridgehead atoms. The van der Waals surface area contributed by atoms with Crippen LogP contribution in [0.1, 0.15) is 12.8 Å². The van der Waals surface area contributed by atoms with Crippen LogP contribution >= 0.6 is 11.8 Å². The number of carboxylic acid groups (broad SMARTS) is 1. The number of aliphatic carboxylic acids is 1. The molecule has 1 heterocycles. The Hall–Kier alpha value is -0.750. The van der Waals surface area contributed by atoms with E-state index >= 15 is 0 Å². The van der Waals surface area contributed by atoms with E-state index in [1.54, 1.807) is 0 Å². The van der Waals surface area contributed by atoms with Crippen LogP contribution in [0.4, 0.5) is 0 Å². The largest absolute Gasteiger partial charge is 0.479 e. The third-order valence-electron chi connectivity index (χ3n) is 2.61. The summed E-state index contributed by atoms with van der Waals surface area (Å²) in [7, 11) is 1.32.